The molecule has 0 aromatic heterocycles. The van der Waals surface area contributed by atoms with E-state index in [2.05, 4.69) is 5.32 Å². The van der Waals surface area contributed by atoms with Crippen molar-refractivity contribution in [3.63, 3.8) is 0 Å². The lowest BCUT2D eigenvalue weighted by Gasteiger charge is -2.20. The maximum Gasteiger partial charge on any atom is 0.316 e. The molecule has 2 aromatic rings. The molecule has 1 N–H and O–H groups in total. The van der Waals surface area contributed by atoms with Gasteiger partial charge in [-0.25, -0.2) is 0 Å². The zero-order valence-electron chi connectivity index (χ0n) is 13.6. The number of hydrogen-bond acceptors (Lipinski definition) is 4. The molecule has 0 unspecified atom stereocenters. The van der Waals surface area contributed by atoms with Crippen LogP contribution < -0.4 is 5.32 Å². The molecule has 0 aliphatic carbocycles. The van der Waals surface area contributed by atoms with Gasteiger partial charge in [-0.1, -0.05) is 30.3 Å². The second-order valence-electron chi connectivity index (χ2n) is 6.26. The minimum Gasteiger partial charge on any atom is -0.455 e. The van der Waals surface area contributed by atoms with Gasteiger partial charge in [0, 0.05) is 10.4 Å². The van der Waals surface area contributed by atoms with Crippen LogP contribution in [-0.2, 0) is 14.3 Å². The molecule has 1 amide bonds. The molecule has 0 aliphatic rings. The number of fused-ring (bicyclic) bond motifs is 1. The monoisotopic (exact) mass is 331 g/mol. The molecule has 2 rings (SSSR count). The molecule has 23 heavy (non-hydrogen) atoms. The van der Waals surface area contributed by atoms with Crippen LogP contribution in [0, 0.1) is 0 Å². The van der Waals surface area contributed by atoms with E-state index in [0.717, 1.165) is 10.3 Å². The van der Waals surface area contributed by atoms with Crippen LogP contribution in [0.25, 0.3) is 10.8 Å². The van der Waals surface area contributed by atoms with Crippen LogP contribution in [0.1, 0.15) is 20.8 Å². The van der Waals surface area contributed by atoms with Crippen LogP contribution in [0.5, 0.6) is 0 Å². The second-order valence-corrected chi connectivity index (χ2v) is 7.31. The Kier molecular flexibility index (Phi) is 5.66. The van der Waals surface area contributed by atoms with Gasteiger partial charge < -0.3 is 10.1 Å². The third kappa shape index (κ3) is 5.94. The molecule has 0 radical (unpaired) electrons. The first-order valence-corrected chi connectivity index (χ1v) is 8.40. The van der Waals surface area contributed by atoms with E-state index in [-0.39, 0.29) is 23.8 Å². The lowest BCUT2D eigenvalue weighted by molar-refractivity contribution is -0.146. The lowest BCUT2D eigenvalue weighted by Crippen LogP contribution is -2.42. The Bertz CT molecular complexity index is 707. The predicted molar refractivity (Wildman–Crippen MR) is 93.5 cm³/mol. The minimum atomic E-state index is -0.396. The standard InChI is InChI=1S/C18H21NO3S/c1-18(2,3)19-16(20)11-22-17(21)12-23-15-9-8-13-6-4-5-7-14(13)10-15/h4-10H,11-12H2,1-3H3,(H,19,20). The van der Waals surface area contributed by atoms with Crippen molar-refractivity contribution in [2.45, 2.75) is 31.2 Å². The highest BCUT2D eigenvalue weighted by molar-refractivity contribution is 8.00. The van der Waals surface area contributed by atoms with E-state index in [1.165, 1.54) is 17.1 Å². The fraction of sp³-hybridized carbons (Fsp3) is 0.333. The van der Waals surface area contributed by atoms with Gasteiger partial charge in [0.2, 0.25) is 0 Å². The molecule has 0 atom stereocenters. The van der Waals surface area contributed by atoms with Gasteiger partial charge in [-0.15, -0.1) is 11.8 Å². The first-order chi connectivity index (χ1) is 10.8. The zero-order valence-corrected chi connectivity index (χ0v) is 14.4. The summed E-state index contributed by atoms with van der Waals surface area (Å²) in [6.07, 6.45) is 0. The molecule has 4 nitrogen and oxygen atoms in total. The van der Waals surface area contributed by atoms with E-state index in [9.17, 15) is 9.59 Å². The van der Waals surface area contributed by atoms with E-state index < -0.39 is 5.97 Å². The smallest absolute Gasteiger partial charge is 0.316 e. The maximum absolute atomic E-state index is 11.7. The SMILES string of the molecule is CC(C)(C)NC(=O)COC(=O)CSc1ccc2ccccc2c1. The summed E-state index contributed by atoms with van der Waals surface area (Å²) in [5, 5.41) is 5.05. The van der Waals surface area contributed by atoms with Crippen molar-refractivity contribution in [1.29, 1.82) is 0 Å². The van der Waals surface area contributed by atoms with Crippen LogP contribution in [0.2, 0.25) is 0 Å². The van der Waals surface area contributed by atoms with Crippen molar-refractivity contribution in [1.82, 2.24) is 5.32 Å². The third-order valence-electron chi connectivity index (χ3n) is 2.96. The Morgan fingerprint density at radius 1 is 1.09 bits per heavy atom. The molecule has 2 aromatic carbocycles. The Labute approximate surface area is 140 Å². The molecule has 122 valence electrons. The van der Waals surface area contributed by atoms with Gasteiger partial charge in [0.15, 0.2) is 6.61 Å². The second kappa shape index (κ2) is 7.51. The topological polar surface area (TPSA) is 55.4 Å². The van der Waals surface area contributed by atoms with Crippen LogP contribution in [0.3, 0.4) is 0 Å². The molecular formula is C18H21NO3S. The lowest BCUT2D eigenvalue weighted by atomic mass is 10.1. The van der Waals surface area contributed by atoms with Crippen LogP contribution >= 0.6 is 11.8 Å². The number of thioether (sulfide) groups is 1. The highest BCUT2D eigenvalue weighted by Gasteiger charge is 2.15. The predicted octanol–water partition coefficient (Wildman–Crippen LogP) is 3.39. The van der Waals surface area contributed by atoms with E-state index in [0.29, 0.717) is 0 Å². The molecule has 0 aliphatic heterocycles. The van der Waals surface area contributed by atoms with E-state index in [1.807, 2.05) is 63.2 Å². The number of hydrogen-bond donors (Lipinski definition) is 1. The molecule has 0 heterocycles. The quantitative estimate of drug-likeness (QED) is 0.674. The summed E-state index contributed by atoms with van der Waals surface area (Å²) in [4.78, 5) is 24.3. The van der Waals surface area contributed by atoms with E-state index >= 15 is 0 Å². The molecule has 0 saturated heterocycles. The van der Waals surface area contributed by atoms with Crippen molar-refractivity contribution in [3.05, 3.63) is 42.5 Å². The van der Waals surface area contributed by atoms with E-state index in [4.69, 9.17) is 4.74 Å². The average molecular weight is 331 g/mol. The first-order valence-electron chi connectivity index (χ1n) is 7.42. The number of nitrogens with one attached hydrogen (secondary N) is 1. The highest BCUT2D eigenvalue weighted by atomic mass is 32.2. The number of ether oxygens (including phenoxy) is 1. The highest BCUT2D eigenvalue weighted by Crippen LogP contribution is 2.23. The Morgan fingerprint density at radius 3 is 2.48 bits per heavy atom. The summed E-state index contributed by atoms with van der Waals surface area (Å²) < 4.78 is 4.99. The van der Waals surface area contributed by atoms with Gasteiger partial charge in [-0.2, -0.15) is 0 Å². The Balaban J connectivity index is 1.80. The summed E-state index contributed by atoms with van der Waals surface area (Å²) >= 11 is 1.40. The number of carbonyl (C=O) groups is 2. The molecule has 5 heteroatoms. The molecule has 0 fully saturated rings. The number of carbonyl (C=O) groups excluding carboxylic acids is 2. The average Bonchev–Trinajstić information content (AvgIpc) is 2.49. The van der Waals surface area contributed by atoms with Crippen LogP contribution in [0.4, 0.5) is 0 Å². The third-order valence-corrected chi connectivity index (χ3v) is 3.92. The van der Waals surface area contributed by atoms with E-state index in [1.54, 1.807) is 0 Å². The Hall–Kier alpha value is -2.01. The van der Waals surface area contributed by atoms with Crippen molar-refractivity contribution in [3.8, 4) is 0 Å². The summed E-state index contributed by atoms with van der Waals surface area (Å²) in [5.41, 5.74) is -0.330. The summed E-state index contributed by atoms with van der Waals surface area (Å²) in [5.74, 6) is -0.505. The van der Waals surface area contributed by atoms with Crippen molar-refractivity contribution in [2.24, 2.45) is 0 Å². The number of rotatable bonds is 5. The minimum absolute atomic E-state index is 0.182. The maximum atomic E-state index is 11.7. The number of esters is 1. The summed E-state index contributed by atoms with van der Waals surface area (Å²) in [7, 11) is 0. The van der Waals surface area contributed by atoms with Crippen molar-refractivity contribution >= 4 is 34.4 Å². The number of benzene rings is 2. The van der Waals surface area contributed by atoms with Crippen LogP contribution in [0.15, 0.2) is 47.4 Å². The van der Waals surface area contributed by atoms with Crippen LogP contribution in [-0.4, -0.2) is 29.8 Å². The summed E-state index contributed by atoms with van der Waals surface area (Å²) in [6.45, 7) is 5.39. The van der Waals surface area contributed by atoms with Gasteiger partial charge in [0.25, 0.3) is 5.91 Å². The molecule has 0 spiro atoms. The van der Waals surface area contributed by atoms with Gasteiger partial charge in [0.1, 0.15) is 0 Å². The molecule has 0 saturated carbocycles. The largest absolute Gasteiger partial charge is 0.455 e. The van der Waals surface area contributed by atoms with Gasteiger partial charge >= 0.3 is 5.97 Å². The fourth-order valence-corrected chi connectivity index (χ4v) is 2.78. The molecular weight excluding hydrogens is 310 g/mol. The van der Waals surface area contributed by atoms with Crippen molar-refractivity contribution in [2.75, 3.05) is 12.4 Å². The normalized spacial score (nSPS) is 11.3. The fourth-order valence-electron chi connectivity index (χ4n) is 2.04. The number of amides is 1. The summed E-state index contributed by atoms with van der Waals surface area (Å²) in [6, 6.07) is 14.1. The van der Waals surface area contributed by atoms with Gasteiger partial charge in [0.05, 0.1) is 5.75 Å². The Morgan fingerprint density at radius 2 is 1.78 bits per heavy atom. The first kappa shape index (κ1) is 17.3. The van der Waals surface area contributed by atoms with Gasteiger partial charge in [-0.3, -0.25) is 9.59 Å². The molecule has 0 bridgehead atoms. The zero-order chi connectivity index (χ0) is 16.9. The van der Waals surface area contributed by atoms with Gasteiger partial charge in [-0.05, 0) is 43.7 Å². The van der Waals surface area contributed by atoms with Crippen molar-refractivity contribution < 1.29 is 14.3 Å².